The van der Waals surface area contributed by atoms with E-state index in [1.165, 1.54) is 0 Å². The third-order valence-electron chi connectivity index (χ3n) is 4.19. The molecule has 7 nitrogen and oxygen atoms in total. The molecule has 0 radical (unpaired) electrons. The van der Waals surface area contributed by atoms with Gasteiger partial charge in [0.25, 0.3) is 0 Å². The van der Waals surface area contributed by atoms with E-state index < -0.39 is 0 Å². The number of aryl methyl sites for hydroxylation is 1. The molecule has 0 aliphatic rings. The van der Waals surface area contributed by atoms with Crippen molar-refractivity contribution >= 4 is 16.8 Å². The lowest BCUT2D eigenvalue weighted by molar-refractivity contribution is -0.121. The van der Waals surface area contributed by atoms with Crippen LogP contribution in [-0.2, 0) is 22.4 Å². The molecule has 0 aliphatic heterocycles. The van der Waals surface area contributed by atoms with Crippen LogP contribution < -0.4 is 5.32 Å². The molecule has 0 spiro atoms. The molecule has 2 aromatic heterocycles. The first-order valence-corrected chi connectivity index (χ1v) is 9.36. The highest BCUT2D eigenvalue weighted by atomic mass is 16.5. The first-order chi connectivity index (χ1) is 13.1. The summed E-state index contributed by atoms with van der Waals surface area (Å²) in [7, 11) is 0. The van der Waals surface area contributed by atoms with Gasteiger partial charge in [0.05, 0.1) is 12.5 Å². The fourth-order valence-corrected chi connectivity index (χ4v) is 2.83. The number of nitrogens with one attached hydrogen (secondary N) is 2. The number of amides is 1. The Hall–Kier alpha value is -2.67. The van der Waals surface area contributed by atoms with E-state index in [-0.39, 0.29) is 12.0 Å². The molecule has 144 valence electrons. The van der Waals surface area contributed by atoms with Crippen LogP contribution in [0, 0.1) is 0 Å². The van der Waals surface area contributed by atoms with Gasteiger partial charge in [-0.05, 0) is 31.9 Å². The van der Waals surface area contributed by atoms with E-state index in [4.69, 9.17) is 9.15 Å². The molecule has 2 N–H and O–H groups in total. The Bertz CT molecular complexity index is 869. The number of aromatic amines is 1. The van der Waals surface area contributed by atoms with Crippen LogP contribution >= 0.6 is 0 Å². The third-order valence-corrected chi connectivity index (χ3v) is 4.19. The van der Waals surface area contributed by atoms with Gasteiger partial charge in [0.1, 0.15) is 0 Å². The van der Waals surface area contributed by atoms with Gasteiger partial charge >= 0.3 is 0 Å². The van der Waals surface area contributed by atoms with Crippen molar-refractivity contribution in [2.75, 3.05) is 13.2 Å². The lowest BCUT2D eigenvalue weighted by Crippen LogP contribution is -2.25. The highest BCUT2D eigenvalue weighted by Gasteiger charge is 2.11. The van der Waals surface area contributed by atoms with E-state index in [2.05, 4.69) is 26.6 Å². The number of carbonyl (C=O) groups is 1. The molecule has 27 heavy (non-hydrogen) atoms. The van der Waals surface area contributed by atoms with E-state index in [0.717, 1.165) is 22.9 Å². The van der Waals surface area contributed by atoms with Gasteiger partial charge in [-0.2, -0.15) is 0 Å². The Kier molecular flexibility index (Phi) is 6.59. The third kappa shape index (κ3) is 5.65. The van der Waals surface area contributed by atoms with Crippen LogP contribution in [0.5, 0.6) is 0 Å². The van der Waals surface area contributed by atoms with Crippen molar-refractivity contribution < 1.29 is 13.9 Å². The number of aromatic nitrogens is 3. The molecular weight excluding hydrogens is 344 g/mol. The number of para-hydroxylation sites is 1. The number of rotatable bonds is 10. The normalized spacial score (nSPS) is 11.4. The summed E-state index contributed by atoms with van der Waals surface area (Å²) >= 11 is 0. The molecular formula is C20H26N4O3. The van der Waals surface area contributed by atoms with E-state index in [9.17, 15) is 4.79 Å². The summed E-state index contributed by atoms with van der Waals surface area (Å²) in [5, 5.41) is 12.2. The van der Waals surface area contributed by atoms with Crippen molar-refractivity contribution in [3.63, 3.8) is 0 Å². The van der Waals surface area contributed by atoms with Crippen LogP contribution in [0.3, 0.4) is 0 Å². The predicted molar refractivity (Wildman–Crippen MR) is 102 cm³/mol. The summed E-state index contributed by atoms with van der Waals surface area (Å²) in [4.78, 5) is 15.1. The van der Waals surface area contributed by atoms with Gasteiger partial charge in [-0.3, -0.25) is 4.79 Å². The Morgan fingerprint density at radius 1 is 1.26 bits per heavy atom. The summed E-state index contributed by atoms with van der Waals surface area (Å²) in [6, 6.07) is 8.10. The summed E-state index contributed by atoms with van der Waals surface area (Å²) in [6.45, 7) is 5.26. The van der Waals surface area contributed by atoms with Crippen LogP contribution in [0.1, 0.15) is 44.0 Å². The molecule has 0 saturated carbocycles. The zero-order chi connectivity index (χ0) is 19.1. The summed E-state index contributed by atoms with van der Waals surface area (Å²) < 4.78 is 11.1. The Labute approximate surface area is 158 Å². The van der Waals surface area contributed by atoms with Crippen molar-refractivity contribution in [2.45, 2.75) is 45.6 Å². The first kappa shape index (κ1) is 19.1. The molecule has 1 aromatic carbocycles. The van der Waals surface area contributed by atoms with Crippen LogP contribution in [-0.4, -0.2) is 40.3 Å². The van der Waals surface area contributed by atoms with Gasteiger partial charge in [0.15, 0.2) is 0 Å². The first-order valence-electron chi connectivity index (χ1n) is 9.36. The molecule has 3 aromatic rings. The van der Waals surface area contributed by atoms with E-state index in [1.54, 1.807) is 0 Å². The SMILES string of the molecule is CC(C)OCCCNC(=O)CCc1nnc(Cc2c[nH]c3ccccc23)o1. The van der Waals surface area contributed by atoms with E-state index in [0.29, 0.717) is 44.2 Å². The second-order valence-corrected chi connectivity index (χ2v) is 6.75. The average Bonchev–Trinajstić information content (AvgIpc) is 3.27. The highest BCUT2D eigenvalue weighted by molar-refractivity contribution is 5.83. The number of carbonyl (C=O) groups excluding carboxylic acids is 1. The fourth-order valence-electron chi connectivity index (χ4n) is 2.83. The predicted octanol–water partition coefficient (Wildman–Crippen LogP) is 3.01. The van der Waals surface area contributed by atoms with Gasteiger partial charge in [-0.15, -0.1) is 10.2 Å². The summed E-state index contributed by atoms with van der Waals surface area (Å²) in [6.07, 6.45) is 4.33. The number of fused-ring (bicyclic) bond motifs is 1. The van der Waals surface area contributed by atoms with Crippen molar-refractivity contribution in [1.29, 1.82) is 0 Å². The van der Waals surface area contributed by atoms with Crippen molar-refractivity contribution in [1.82, 2.24) is 20.5 Å². The molecule has 1 amide bonds. The topological polar surface area (TPSA) is 93.0 Å². The lowest BCUT2D eigenvalue weighted by Gasteiger charge is -2.07. The van der Waals surface area contributed by atoms with Gasteiger partial charge in [0, 0.05) is 43.1 Å². The smallest absolute Gasteiger partial charge is 0.221 e. The lowest BCUT2D eigenvalue weighted by atomic mass is 10.1. The molecule has 0 bridgehead atoms. The molecule has 2 heterocycles. The monoisotopic (exact) mass is 370 g/mol. The van der Waals surface area contributed by atoms with Gasteiger partial charge in [-0.25, -0.2) is 0 Å². The Morgan fingerprint density at radius 2 is 2.07 bits per heavy atom. The zero-order valence-electron chi connectivity index (χ0n) is 15.8. The Balaban J connectivity index is 1.42. The molecule has 0 atom stereocenters. The molecule has 0 fully saturated rings. The maximum absolute atomic E-state index is 11.9. The number of hydrogen-bond acceptors (Lipinski definition) is 5. The molecule has 3 rings (SSSR count). The average molecular weight is 370 g/mol. The van der Waals surface area contributed by atoms with E-state index >= 15 is 0 Å². The van der Waals surface area contributed by atoms with Gasteiger partial charge in [-0.1, -0.05) is 18.2 Å². The minimum atomic E-state index is -0.0177. The number of hydrogen-bond donors (Lipinski definition) is 2. The van der Waals surface area contributed by atoms with Crippen molar-refractivity contribution in [2.24, 2.45) is 0 Å². The highest BCUT2D eigenvalue weighted by Crippen LogP contribution is 2.20. The van der Waals surface area contributed by atoms with Crippen LogP contribution in [0.4, 0.5) is 0 Å². The van der Waals surface area contributed by atoms with Crippen molar-refractivity contribution in [3.05, 3.63) is 47.8 Å². The minimum absolute atomic E-state index is 0.0177. The van der Waals surface area contributed by atoms with Gasteiger partial charge < -0.3 is 19.5 Å². The van der Waals surface area contributed by atoms with Crippen LogP contribution in [0.2, 0.25) is 0 Å². The van der Waals surface area contributed by atoms with E-state index in [1.807, 2.05) is 38.2 Å². The number of ether oxygens (including phenoxy) is 1. The maximum Gasteiger partial charge on any atom is 0.221 e. The number of H-pyrrole nitrogens is 1. The summed E-state index contributed by atoms with van der Waals surface area (Å²) in [5.74, 6) is 1.03. The quantitative estimate of drug-likeness (QED) is 0.535. The number of benzene rings is 1. The second-order valence-electron chi connectivity index (χ2n) is 6.75. The minimum Gasteiger partial charge on any atom is -0.425 e. The van der Waals surface area contributed by atoms with Crippen LogP contribution in [0.25, 0.3) is 10.9 Å². The largest absolute Gasteiger partial charge is 0.425 e. The molecule has 7 heteroatoms. The van der Waals surface area contributed by atoms with Gasteiger partial charge in [0.2, 0.25) is 17.7 Å². The molecule has 0 unspecified atom stereocenters. The Morgan fingerprint density at radius 3 is 2.93 bits per heavy atom. The maximum atomic E-state index is 11.9. The molecule has 0 aliphatic carbocycles. The van der Waals surface area contributed by atoms with Crippen molar-refractivity contribution in [3.8, 4) is 0 Å². The summed E-state index contributed by atoms with van der Waals surface area (Å²) in [5.41, 5.74) is 2.20. The number of nitrogens with zero attached hydrogens (tertiary/aromatic N) is 2. The second kappa shape index (κ2) is 9.32. The zero-order valence-corrected chi connectivity index (χ0v) is 15.8. The van der Waals surface area contributed by atoms with Crippen LogP contribution in [0.15, 0.2) is 34.9 Å². The molecule has 0 saturated heterocycles. The standard InChI is InChI=1S/C20H26N4O3/c1-14(2)26-11-5-10-21-18(25)8-9-19-23-24-20(27-19)12-15-13-22-17-7-4-3-6-16(15)17/h3-4,6-7,13-14,22H,5,8-12H2,1-2H3,(H,21,25). The fraction of sp³-hybridized carbons (Fsp3) is 0.450.